The number of carbonyl (C=O) groups excluding carboxylic acids is 2. The molecule has 2 amide bonds. The van der Waals surface area contributed by atoms with E-state index in [4.69, 9.17) is 37.8 Å². The van der Waals surface area contributed by atoms with Crippen molar-refractivity contribution in [2.24, 2.45) is 0 Å². The zero-order valence-electron chi connectivity index (χ0n) is 20.2. The second-order valence-corrected chi connectivity index (χ2v) is 10.3. The predicted octanol–water partition coefficient (Wildman–Crippen LogP) is 3.58. The normalized spacial score (nSPS) is 19.2. The van der Waals surface area contributed by atoms with Crippen LogP contribution in [0.25, 0.3) is 0 Å². The Hall–Kier alpha value is -1.89. The number of aliphatic hydroxyl groups excluding tert-OH is 2. The zero-order chi connectivity index (χ0) is 26.9. The van der Waals surface area contributed by atoms with Gasteiger partial charge in [-0.3, -0.25) is 9.59 Å². The largest absolute Gasteiger partial charge is 0.482 e. The van der Waals surface area contributed by atoms with Gasteiger partial charge in [-0.15, -0.1) is 0 Å². The van der Waals surface area contributed by atoms with Crippen LogP contribution in [0, 0.1) is 3.57 Å². The van der Waals surface area contributed by atoms with Crippen LogP contribution in [-0.2, 0) is 20.9 Å². The third-order valence-electron chi connectivity index (χ3n) is 5.80. The van der Waals surface area contributed by atoms with E-state index in [9.17, 15) is 14.7 Å². The van der Waals surface area contributed by atoms with Gasteiger partial charge in [-0.2, -0.15) is 0 Å². The highest BCUT2D eigenvalue weighted by molar-refractivity contribution is 14.1. The summed E-state index contributed by atoms with van der Waals surface area (Å²) in [7, 11) is 0. The summed E-state index contributed by atoms with van der Waals surface area (Å²) in [6, 6.07) is 11.5. The van der Waals surface area contributed by atoms with Crippen molar-refractivity contribution in [1.82, 2.24) is 10.2 Å². The van der Waals surface area contributed by atoms with Crippen molar-refractivity contribution in [3.8, 4) is 5.75 Å². The molecule has 0 aliphatic heterocycles. The number of nitrogens with zero attached hydrogens (tertiary/aromatic N) is 1. The third-order valence-corrected chi connectivity index (χ3v) is 7.43. The Balaban J connectivity index is 1.98. The summed E-state index contributed by atoms with van der Waals surface area (Å²) in [5.41, 5.74) is 1.03. The molecule has 200 valence electrons. The first-order chi connectivity index (χ1) is 17.7. The van der Waals surface area contributed by atoms with Crippen molar-refractivity contribution in [3.63, 3.8) is 0 Å². The quantitative estimate of drug-likeness (QED) is 0.318. The van der Waals surface area contributed by atoms with Gasteiger partial charge in [0.15, 0.2) is 0 Å². The van der Waals surface area contributed by atoms with Crippen molar-refractivity contribution in [1.29, 1.82) is 0 Å². The summed E-state index contributed by atoms with van der Waals surface area (Å²) in [5.74, 6) is -0.230. The highest BCUT2D eigenvalue weighted by Gasteiger charge is 2.40. The maximum Gasteiger partial charge on any atom is 0.249 e. The average molecular weight is 663 g/mol. The fourth-order valence-electron chi connectivity index (χ4n) is 3.96. The number of aliphatic hydroxyl groups is 2. The molecule has 3 N–H and O–H groups in total. The smallest absolute Gasteiger partial charge is 0.249 e. The molecule has 37 heavy (non-hydrogen) atoms. The van der Waals surface area contributed by atoms with E-state index >= 15 is 0 Å². The molecule has 8 nitrogen and oxygen atoms in total. The van der Waals surface area contributed by atoms with Gasteiger partial charge in [0.25, 0.3) is 0 Å². The van der Waals surface area contributed by atoms with E-state index in [0.717, 1.165) is 3.57 Å². The number of nitrogens with one attached hydrogen (secondary N) is 1. The molecule has 0 spiro atoms. The van der Waals surface area contributed by atoms with Crippen LogP contribution in [0.2, 0.25) is 10.0 Å². The maximum atomic E-state index is 13.3. The fraction of sp³-hybridized carbons (Fsp3) is 0.385. The number of carbonyl (C=O) groups is 2. The molecular weight excluding hydrogens is 634 g/mol. The zero-order valence-corrected chi connectivity index (χ0v) is 23.9. The molecule has 0 aromatic heterocycles. The van der Waals surface area contributed by atoms with Gasteiger partial charge in [0, 0.05) is 31.7 Å². The van der Waals surface area contributed by atoms with Crippen LogP contribution < -0.4 is 10.1 Å². The molecule has 1 aliphatic rings. The molecule has 11 heteroatoms. The summed E-state index contributed by atoms with van der Waals surface area (Å²) in [4.78, 5) is 27.7. The summed E-state index contributed by atoms with van der Waals surface area (Å²) in [6.45, 7) is 1.88. The minimum Gasteiger partial charge on any atom is -0.482 e. The Kier molecular flexibility index (Phi) is 11.5. The van der Waals surface area contributed by atoms with Crippen LogP contribution in [0.1, 0.15) is 18.9 Å². The van der Waals surface area contributed by atoms with Crippen LogP contribution in [0.15, 0.2) is 54.1 Å². The van der Waals surface area contributed by atoms with Gasteiger partial charge in [-0.05, 0) is 65.4 Å². The molecule has 0 bridgehead atoms. The highest BCUT2D eigenvalue weighted by atomic mass is 127. The summed E-state index contributed by atoms with van der Waals surface area (Å²) in [6.07, 6.45) is -0.426. The van der Waals surface area contributed by atoms with Crippen molar-refractivity contribution < 1.29 is 29.3 Å². The number of halogens is 3. The number of hydrogen-bond donors (Lipinski definition) is 3. The Labute approximate surface area is 239 Å². The van der Waals surface area contributed by atoms with Gasteiger partial charge in [0.1, 0.15) is 24.6 Å². The SMILES string of the molecule is CCOCC(=O)N(Cc1ccc(Cl)c(Cl)c1)[C@@H]1CC(C(=O)NCCO)=C[C@H](Oc2ccccc2I)[C@H]1O. The first-order valence-corrected chi connectivity index (χ1v) is 13.6. The van der Waals surface area contributed by atoms with Gasteiger partial charge in [-0.1, -0.05) is 41.4 Å². The summed E-state index contributed by atoms with van der Waals surface area (Å²) >= 11 is 14.4. The van der Waals surface area contributed by atoms with Crippen LogP contribution in [0.5, 0.6) is 5.75 Å². The second-order valence-electron chi connectivity index (χ2n) is 8.35. The minimum atomic E-state index is -1.15. The van der Waals surface area contributed by atoms with E-state index in [2.05, 4.69) is 27.9 Å². The molecule has 1 aliphatic carbocycles. The number of ether oxygens (including phenoxy) is 2. The van der Waals surface area contributed by atoms with Gasteiger partial charge < -0.3 is 29.9 Å². The lowest BCUT2D eigenvalue weighted by molar-refractivity contribution is -0.144. The van der Waals surface area contributed by atoms with E-state index in [1.807, 2.05) is 18.2 Å². The summed E-state index contributed by atoms with van der Waals surface area (Å²) in [5, 5.41) is 24.0. The number of amides is 2. The topological polar surface area (TPSA) is 108 Å². The van der Waals surface area contributed by atoms with Crippen molar-refractivity contribution in [3.05, 3.63) is 73.3 Å². The molecule has 0 radical (unpaired) electrons. The molecule has 2 aromatic rings. The Morgan fingerprint density at radius 2 is 1.95 bits per heavy atom. The molecule has 0 heterocycles. The number of benzene rings is 2. The molecule has 0 saturated heterocycles. The first kappa shape index (κ1) is 29.7. The lowest BCUT2D eigenvalue weighted by atomic mass is 9.88. The maximum absolute atomic E-state index is 13.3. The van der Waals surface area contributed by atoms with E-state index < -0.39 is 24.2 Å². The van der Waals surface area contributed by atoms with E-state index in [1.54, 1.807) is 37.3 Å². The van der Waals surface area contributed by atoms with Crippen molar-refractivity contribution in [2.45, 2.75) is 38.1 Å². The van der Waals surface area contributed by atoms with Gasteiger partial charge in [-0.25, -0.2) is 0 Å². The molecule has 0 unspecified atom stereocenters. The Bertz CT molecular complexity index is 1130. The van der Waals surface area contributed by atoms with Crippen molar-refractivity contribution >= 4 is 57.6 Å². The van der Waals surface area contributed by atoms with E-state index in [-0.39, 0.29) is 38.6 Å². The highest BCUT2D eigenvalue weighted by Crippen LogP contribution is 2.31. The van der Waals surface area contributed by atoms with E-state index in [0.29, 0.717) is 33.5 Å². The van der Waals surface area contributed by atoms with Crippen LogP contribution in [0.4, 0.5) is 0 Å². The fourth-order valence-corrected chi connectivity index (χ4v) is 4.80. The monoisotopic (exact) mass is 662 g/mol. The average Bonchev–Trinajstić information content (AvgIpc) is 2.89. The Morgan fingerprint density at radius 3 is 2.62 bits per heavy atom. The summed E-state index contributed by atoms with van der Waals surface area (Å²) < 4.78 is 12.3. The standard InChI is InChI=1S/C26H29Cl2IN2O6/c1-2-36-15-24(33)31(14-16-7-8-18(27)19(28)11-16)21-12-17(26(35)30-9-10-32)13-23(25(21)34)37-22-6-4-3-5-20(22)29/h3-8,11,13,21,23,25,32,34H,2,9-10,12,14-15H2,1H3,(H,30,35)/t21-,23+,25+/m1/s1. The Morgan fingerprint density at radius 1 is 1.19 bits per heavy atom. The number of para-hydroxylation sites is 1. The van der Waals surface area contributed by atoms with Crippen LogP contribution in [0.3, 0.4) is 0 Å². The second kappa shape index (κ2) is 14.3. The van der Waals surface area contributed by atoms with Crippen molar-refractivity contribution in [2.75, 3.05) is 26.4 Å². The lowest BCUT2D eigenvalue weighted by Gasteiger charge is -2.40. The number of hydrogen-bond acceptors (Lipinski definition) is 6. The van der Waals surface area contributed by atoms with E-state index in [1.165, 1.54) is 4.90 Å². The molecule has 0 saturated carbocycles. The molecular formula is C26H29Cl2IN2O6. The molecule has 3 rings (SSSR count). The third kappa shape index (κ3) is 8.05. The minimum absolute atomic E-state index is 0.0712. The lowest BCUT2D eigenvalue weighted by Crippen LogP contribution is -2.55. The van der Waals surface area contributed by atoms with Gasteiger partial charge in [0.2, 0.25) is 11.8 Å². The molecule has 0 fully saturated rings. The molecule has 3 atom stereocenters. The van der Waals surface area contributed by atoms with Gasteiger partial charge in [0.05, 0.1) is 26.3 Å². The van der Waals surface area contributed by atoms with Crippen LogP contribution in [-0.4, -0.2) is 71.5 Å². The van der Waals surface area contributed by atoms with Gasteiger partial charge >= 0.3 is 0 Å². The number of rotatable bonds is 11. The van der Waals surface area contributed by atoms with Crippen LogP contribution >= 0.6 is 45.8 Å². The predicted molar refractivity (Wildman–Crippen MR) is 150 cm³/mol. The first-order valence-electron chi connectivity index (χ1n) is 11.7. The molecule has 2 aromatic carbocycles.